The fourth-order valence-corrected chi connectivity index (χ4v) is 3.10. The lowest BCUT2D eigenvalue weighted by Crippen LogP contribution is -2.40. The highest BCUT2D eigenvalue weighted by Crippen LogP contribution is 2.28. The summed E-state index contributed by atoms with van der Waals surface area (Å²) in [5.74, 6) is 0.00581. The molecule has 3 N–H and O–H groups in total. The van der Waals surface area contributed by atoms with Gasteiger partial charge in [0.25, 0.3) is 0 Å². The number of anilines is 1. The van der Waals surface area contributed by atoms with E-state index < -0.39 is 0 Å². The summed E-state index contributed by atoms with van der Waals surface area (Å²) in [5.41, 5.74) is 6.71. The molecule has 1 aromatic carbocycles. The number of hydrogen-bond donors (Lipinski definition) is 2. The summed E-state index contributed by atoms with van der Waals surface area (Å²) in [6.45, 7) is 2.13. The topological polar surface area (TPSA) is 67.6 Å². The number of methoxy groups -OCH3 is 1. The molecule has 2 atom stereocenters. The zero-order valence-electron chi connectivity index (χ0n) is 13.0. The number of benzene rings is 1. The first-order valence-electron chi connectivity index (χ1n) is 7.15. The number of ether oxygens (including phenoxy) is 1. The number of halogens is 3. The molecule has 1 saturated heterocycles. The van der Waals surface area contributed by atoms with Crippen molar-refractivity contribution in [3.8, 4) is 0 Å². The molecule has 1 aromatic rings. The second kappa shape index (κ2) is 11.1. The van der Waals surface area contributed by atoms with Crippen LogP contribution >= 0.6 is 40.7 Å². The summed E-state index contributed by atoms with van der Waals surface area (Å²) in [5, 5.41) is 3.07. The molecule has 8 heteroatoms. The van der Waals surface area contributed by atoms with Crippen molar-refractivity contribution >= 4 is 52.3 Å². The minimum absolute atomic E-state index is 0. The van der Waals surface area contributed by atoms with Crippen LogP contribution in [0.3, 0.4) is 0 Å². The molecule has 0 aromatic heterocycles. The Bertz CT molecular complexity index is 490. The minimum atomic E-state index is -0.203. The number of nitrogens with zero attached hydrogens (tertiary/aromatic N) is 1. The van der Waals surface area contributed by atoms with Gasteiger partial charge in [0.15, 0.2) is 0 Å². The van der Waals surface area contributed by atoms with Crippen LogP contribution in [-0.4, -0.2) is 44.8 Å². The van der Waals surface area contributed by atoms with Crippen molar-refractivity contribution in [1.82, 2.24) is 5.32 Å². The molecule has 1 aliphatic rings. The first-order chi connectivity index (χ1) is 10.1. The Hall–Kier alpha value is -0.530. The largest absolute Gasteiger partial charge is 0.380 e. The number of hydrogen-bond acceptors (Lipinski definition) is 4. The van der Waals surface area contributed by atoms with E-state index in [4.69, 9.17) is 10.5 Å². The molecule has 1 aliphatic heterocycles. The lowest BCUT2D eigenvalue weighted by atomic mass is 10.2. The lowest BCUT2D eigenvalue weighted by Gasteiger charge is -2.21. The van der Waals surface area contributed by atoms with E-state index in [2.05, 4.69) is 32.2 Å². The SMILES string of the molecule is COC(CN)CC(=O)NC1CCN(c2ccccc2Br)C1.Cl.Cl. The van der Waals surface area contributed by atoms with Crippen LogP contribution in [0.5, 0.6) is 0 Å². The van der Waals surface area contributed by atoms with E-state index in [1.165, 1.54) is 5.69 Å². The molecule has 0 bridgehead atoms. The van der Waals surface area contributed by atoms with Gasteiger partial charge in [0, 0.05) is 37.3 Å². The Morgan fingerprint density at radius 1 is 1.48 bits per heavy atom. The van der Waals surface area contributed by atoms with Crippen LogP contribution in [0, 0.1) is 0 Å². The highest BCUT2D eigenvalue weighted by molar-refractivity contribution is 9.10. The summed E-state index contributed by atoms with van der Waals surface area (Å²) in [6.07, 6.45) is 1.07. The van der Waals surface area contributed by atoms with Crippen LogP contribution in [-0.2, 0) is 9.53 Å². The monoisotopic (exact) mass is 427 g/mol. The van der Waals surface area contributed by atoms with Gasteiger partial charge in [-0.1, -0.05) is 12.1 Å². The predicted octanol–water partition coefficient (Wildman–Crippen LogP) is 2.35. The number of rotatable bonds is 6. The number of carbonyl (C=O) groups is 1. The zero-order chi connectivity index (χ0) is 15.2. The van der Waals surface area contributed by atoms with Crippen molar-refractivity contribution in [2.45, 2.75) is 25.0 Å². The maximum Gasteiger partial charge on any atom is 0.222 e. The summed E-state index contributed by atoms with van der Waals surface area (Å²) < 4.78 is 6.22. The normalized spacial score (nSPS) is 17.9. The zero-order valence-corrected chi connectivity index (χ0v) is 16.3. The van der Waals surface area contributed by atoms with Crippen LogP contribution in [0.4, 0.5) is 5.69 Å². The van der Waals surface area contributed by atoms with E-state index in [0.29, 0.717) is 13.0 Å². The molecule has 132 valence electrons. The average molecular weight is 429 g/mol. The lowest BCUT2D eigenvalue weighted by molar-refractivity contribution is -0.123. The van der Waals surface area contributed by atoms with Gasteiger partial charge >= 0.3 is 0 Å². The van der Waals surface area contributed by atoms with Crippen LogP contribution in [0.15, 0.2) is 28.7 Å². The third-order valence-corrected chi connectivity index (χ3v) is 4.43. The van der Waals surface area contributed by atoms with Crippen LogP contribution in [0.2, 0.25) is 0 Å². The third-order valence-electron chi connectivity index (χ3n) is 3.76. The molecule has 0 radical (unpaired) electrons. The van der Waals surface area contributed by atoms with Crippen molar-refractivity contribution in [1.29, 1.82) is 0 Å². The second-order valence-electron chi connectivity index (χ2n) is 5.25. The van der Waals surface area contributed by atoms with Crippen molar-refractivity contribution < 1.29 is 9.53 Å². The number of carbonyl (C=O) groups excluding carboxylic acids is 1. The summed E-state index contributed by atoms with van der Waals surface area (Å²) in [7, 11) is 1.58. The molecule has 1 fully saturated rings. The van der Waals surface area contributed by atoms with Crippen molar-refractivity contribution in [3.05, 3.63) is 28.7 Å². The first-order valence-corrected chi connectivity index (χ1v) is 7.95. The van der Waals surface area contributed by atoms with Crippen LogP contribution in [0.25, 0.3) is 0 Å². The van der Waals surface area contributed by atoms with Crippen molar-refractivity contribution in [2.24, 2.45) is 5.73 Å². The summed E-state index contributed by atoms with van der Waals surface area (Å²) in [4.78, 5) is 14.2. The molecule has 1 heterocycles. The molecule has 5 nitrogen and oxygen atoms in total. The van der Waals surface area contributed by atoms with E-state index in [1.807, 2.05) is 18.2 Å². The Morgan fingerprint density at radius 2 is 2.17 bits per heavy atom. The summed E-state index contributed by atoms with van der Waals surface area (Å²) >= 11 is 3.57. The third kappa shape index (κ3) is 6.47. The van der Waals surface area contributed by atoms with Gasteiger partial charge in [-0.05, 0) is 34.5 Å². The highest BCUT2D eigenvalue weighted by Gasteiger charge is 2.25. The molecular formula is C15H24BrCl2N3O2. The smallest absolute Gasteiger partial charge is 0.222 e. The van der Waals surface area contributed by atoms with Crippen molar-refractivity contribution in [3.63, 3.8) is 0 Å². The first kappa shape index (κ1) is 22.5. The number of nitrogens with one attached hydrogen (secondary N) is 1. The van der Waals surface area contributed by atoms with Crippen LogP contribution < -0.4 is 16.0 Å². The molecule has 0 aliphatic carbocycles. The maximum atomic E-state index is 12.0. The summed E-state index contributed by atoms with van der Waals surface area (Å²) in [6, 6.07) is 8.33. The van der Waals surface area contributed by atoms with Gasteiger partial charge in [-0.15, -0.1) is 24.8 Å². The van der Waals surface area contributed by atoms with E-state index in [9.17, 15) is 4.79 Å². The minimum Gasteiger partial charge on any atom is -0.380 e. The van der Waals surface area contributed by atoms with Crippen LogP contribution in [0.1, 0.15) is 12.8 Å². The van der Waals surface area contributed by atoms with E-state index in [1.54, 1.807) is 7.11 Å². The molecule has 0 spiro atoms. The number of amides is 1. The van der Waals surface area contributed by atoms with E-state index in [0.717, 1.165) is 24.0 Å². The fraction of sp³-hybridized carbons (Fsp3) is 0.533. The van der Waals surface area contributed by atoms with Gasteiger partial charge in [0.05, 0.1) is 18.2 Å². The van der Waals surface area contributed by atoms with Gasteiger partial charge < -0.3 is 20.7 Å². The number of para-hydroxylation sites is 1. The molecule has 23 heavy (non-hydrogen) atoms. The maximum absolute atomic E-state index is 12.0. The van der Waals surface area contributed by atoms with E-state index in [-0.39, 0.29) is 42.9 Å². The highest BCUT2D eigenvalue weighted by atomic mass is 79.9. The second-order valence-corrected chi connectivity index (χ2v) is 6.10. The van der Waals surface area contributed by atoms with Gasteiger partial charge in [-0.25, -0.2) is 0 Å². The molecule has 2 unspecified atom stereocenters. The van der Waals surface area contributed by atoms with Gasteiger partial charge in [-0.3, -0.25) is 4.79 Å². The number of nitrogens with two attached hydrogens (primary N) is 1. The molecule has 2 rings (SSSR count). The quantitative estimate of drug-likeness (QED) is 0.729. The molecular weight excluding hydrogens is 405 g/mol. The molecule has 1 amide bonds. The standard InChI is InChI=1S/C15H22BrN3O2.2ClH/c1-21-12(9-17)8-15(20)18-11-6-7-19(10-11)14-5-3-2-4-13(14)16;;/h2-5,11-12H,6-10,17H2,1H3,(H,18,20);2*1H. The van der Waals surface area contributed by atoms with Gasteiger partial charge in [0.1, 0.15) is 0 Å². The Kier molecular flexibility index (Phi) is 10.8. The van der Waals surface area contributed by atoms with E-state index >= 15 is 0 Å². The Labute approximate surface area is 158 Å². The average Bonchev–Trinajstić information content (AvgIpc) is 2.93. The van der Waals surface area contributed by atoms with Gasteiger partial charge in [0.2, 0.25) is 5.91 Å². The Morgan fingerprint density at radius 3 is 2.78 bits per heavy atom. The Balaban J connectivity index is 0.00000242. The predicted molar refractivity (Wildman–Crippen MR) is 102 cm³/mol. The van der Waals surface area contributed by atoms with Gasteiger partial charge in [-0.2, -0.15) is 0 Å². The fourth-order valence-electron chi connectivity index (χ4n) is 2.56. The van der Waals surface area contributed by atoms with Crippen molar-refractivity contribution in [2.75, 3.05) is 31.6 Å². The molecule has 0 saturated carbocycles.